The second-order valence-electron chi connectivity index (χ2n) is 5.90. The second-order valence-corrected chi connectivity index (χ2v) is 5.90. The van der Waals surface area contributed by atoms with Crippen LogP contribution in [0.5, 0.6) is 0 Å². The molecule has 0 unspecified atom stereocenters. The number of carbonyl (C=O) groups excluding carboxylic acids is 1. The lowest BCUT2D eigenvalue weighted by Gasteiger charge is -2.31. The number of likely N-dealkylation sites (N-methyl/N-ethyl adjacent to an activating group) is 1. The zero-order valence-corrected chi connectivity index (χ0v) is 12.2. The molecule has 0 aromatic heterocycles. The summed E-state index contributed by atoms with van der Waals surface area (Å²) in [5, 5.41) is 10.4. The molecule has 1 aliphatic rings. The van der Waals surface area contributed by atoms with Crippen LogP contribution < -0.4 is 0 Å². The zero-order valence-electron chi connectivity index (χ0n) is 12.2. The molecule has 0 spiro atoms. The largest absolute Gasteiger partial charge is 0.388 e. The van der Waals surface area contributed by atoms with Crippen LogP contribution in [0.2, 0.25) is 0 Å². The Hall–Kier alpha value is -0.570. The van der Waals surface area contributed by atoms with Crippen molar-refractivity contribution in [2.24, 2.45) is 5.92 Å². The first-order chi connectivity index (χ1) is 8.52. The van der Waals surface area contributed by atoms with Gasteiger partial charge in [-0.1, -0.05) is 39.5 Å². The van der Waals surface area contributed by atoms with Gasteiger partial charge in [0.2, 0.25) is 5.91 Å². The maximum Gasteiger partial charge on any atom is 0.225 e. The lowest BCUT2D eigenvalue weighted by molar-refractivity contribution is -0.138. The molecule has 1 aliphatic carbocycles. The molecule has 1 fully saturated rings. The summed E-state index contributed by atoms with van der Waals surface area (Å²) in [7, 11) is 1.84. The molecule has 3 nitrogen and oxygen atoms in total. The van der Waals surface area contributed by atoms with Gasteiger partial charge >= 0.3 is 0 Å². The summed E-state index contributed by atoms with van der Waals surface area (Å²) in [6, 6.07) is 0. The molecule has 1 rings (SSSR count). The van der Waals surface area contributed by atoms with Crippen LogP contribution in [0.25, 0.3) is 0 Å². The third-order valence-corrected chi connectivity index (χ3v) is 4.07. The minimum absolute atomic E-state index is 0.148. The summed E-state index contributed by atoms with van der Waals surface area (Å²) in [6.07, 6.45) is 7.90. The van der Waals surface area contributed by atoms with Gasteiger partial charge in [0.1, 0.15) is 0 Å². The number of carbonyl (C=O) groups is 1. The average molecular weight is 255 g/mol. The van der Waals surface area contributed by atoms with E-state index in [2.05, 4.69) is 13.8 Å². The molecular weight excluding hydrogens is 226 g/mol. The molecule has 1 N–H and O–H groups in total. The molecule has 0 bridgehead atoms. The van der Waals surface area contributed by atoms with Gasteiger partial charge in [-0.15, -0.1) is 0 Å². The molecule has 0 radical (unpaired) electrons. The van der Waals surface area contributed by atoms with Gasteiger partial charge in [0.05, 0.1) is 5.60 Å². The van der Waals surface area contributed by atoms with Crippen molar-refractivity contribution < 1.29 is 9.90 Å². The van der Waals surface area contributed by atoms with Crippen molar-refractivity contribution in [1.29, 1.82) is 0 Å². The van der Waals surface area contributed by atoms with E-state index in [-0.39, 0.29) is 11.8 Å². The van der Waals surface area contributed by atoms with Crippen LogP contribution in [0.3, 0.4) is 0 Å². The fraction of sp³-hybridized carbons (Fsp3) is 0.933. The SMILES string of the molecule is CCCC(CCC)C(=O)N(C)CC1(O)CCCC1. The third-order valence-electron chi connectivity index (χ3n) is 4.07. The highest BCUT2D eigenvalue weighted by Crippen LogP contribution is 2.30. The van der Waals surface area contributed by atoms with Crippen LogP contribution in [0.15, 0.2) is 0 Å². The summed E-state index contributed by atoms with van der Waals surface area (Å²) in [5.74, 6) is 0.369. The number of hydrogen-bond acceptors (Lipinski definition) is 2. The first-order valence-corrected chi connectivity index (χ1v) is 7.49. The number of amides is 1. The van der Waals surface area contributed by atoms with Crippen LogP contribution in [0.1, 0.15) is 65.2 Å². The van der Waals surface area contributed by atoms with Crippen LogP contribution >= 0.6 is 0 Å². The van der Waals surface area contributed by atoms with E-state index in [1.165, 1.54) is 0 Å². The van der Waals surface area contributed by atoms with E-state index in [0.717, 1.165) is 51.4 Å². The molecule has 3 heteroatoms. The quantitative estimate of drug-likeness (QED) is 0.760. The molecule has 0 atom stereocenters. The van der Waals surface area contributed by atoms with Gasteiger partial charge in [-0.3, -0.25) is 4.79 Å². The molecule has 1 amide bonds. The zero-order chi connectivity index (χ0) is 13.6. The molecule has 0 aromatic rings. The Morgan fingerprint density at radius 1 is 1.22 bits per heavy atom. The summed E-state index contributed by atoms with van der Waals surface area (Å²) < 4.78 is 0. The van der Waals surface area contributed by atoms with Crippen LogP contribution in [0, 0.1) is 5.92 Å². The number of nitrogens with zero attached hydrogens (tertiary/aromatic N) is 1. The summed E-state index contributed by atoms with van der Waals surface area (Å²) >= 11 is 0. The summed E-state index contributed by atoms with van der Waals surface area (Å²) in [5.41, 5.74) is -0.618. The molecule has 1 saturated carbocycles. The number of rotatable bonds is 7. The van der Waals surface area contributed by atoms with Crippen LogP contribution in [-0.2, 0) is 4.79 Å². The van der Waals surface area contributed by atoms with Crippen LogP contribution in [0.4, 0.5) is 0 Å². The molecule has 0 aliphatic heterocycles. The number of hydrogen-bond donors (Lipinski definition) is 1. The van der Waals surface area contributed by atoms with Gasteiger partial charge in [0, 0.05) is 19.5 Å². The van der Waals surface area contributed by atoms with Crippen LogP contribution in [-0.4, -0.2) is 35.1 Å². The van der Waals surface area contributed by atoms with Crippen molar-refractivity contribution >= 4 is 5.91 Å². The summed E-state index contributed by atoms with van der Waals surface area (Å²) in [4.78, 5) is 14.1. The van der Waals surface area contributed by atoms with E-state index in [9.17, 15) is 9.90 Å². The Kier molecular flexibility index (Phi) is 6.13. The van der Waals surface area contributed by atoms with Gasteiger partial charge < -0.3 is 10.0 Å². The van der Waals surface area contributed by atoms with E-state index in [1.807, 2.05) is 7.05 Å². The molecule has 0 saturated heterocycles. The van der Waals surface area contributed by atoms with E-state index < -0.39 is 5.60 Å². The van der Waals surface area contributed by atoms with Crippen molar-refractivity contribution in [3.8, 4) is 0 Å². The fourth-order valence-corrected chi connectivity index (χ4v) is 3.11. The minimum Gasteiger partial charge on any atom is -0.388 e. The van der Waals surface area contributed by atoms with E-state index >= 15 is 0 Å². The molecule has 0 aromatic carbocycles. The minimum atomic E-state index is -0.618. The molecular formula is C15H29NO2. The Bertz CT molecular complexity index is 253. The van der Waals surface area contributed by atoms with Crippen molar-refractivity contribution in [1.82, 2.24) is 4.90 Å². The highest BCUT2D eigenvalue weighted by Gasteiger charge is 2.34. The predicted molar refractivity (Wildman–Crippen MR) is 74.4 cm³/mol. The van der Waals surface area contributed by atoms with Crippen molar-refractivity contribution in [2.45, 2.75) is 70.8 Å². The van der Waals surface area contributed by atoms with Gasteiger partial charge in [0.15, 0.2) is 0 Å². The Labute approximate surface area is 112 Å². The van der Waals surface area contributed by atoms with Crippen molar-refractivity contribution in [2.75, 3.05) is 13.6 Å². The highest BCUT2D eigenvalue weighted by molar-refractivity contribution is 5.78. The lowest BCUT2D eigenvalue weighted by atomic mass is 9.95. The molecule has 106 valence electrons. The average Bonchev–Trinajstić information content (AvgIpc) is 2.74. The smallest absolute Gasteiger partial charge is 0.225 e. The Morgan fingerprint density at radius 3 is 2.17 bits per heavy atom. The maximum absolute atomic E-state index is 12.4. The first kappa shape index (κ1) is 15.5. The lowest BCUT2D eigenvalue weighted by Crippen LogP contribution is -2.44. The van der Waals surface area contributed by atoms with Gasteiger partial charge in [-0.25, -0.2) is 0 Å². The monoisotopic (exact) mass is 255 g/mol. The predicted octanol–water partition coefficient (Wildman–Crippen LogP) is 2.97. The van der Waals surface area contributed by atoms with Gasteiger partial charge in [-0.05, 0) is 25.7 Å². The molecule has 0 heterocycles. The van der Waals surface area contributed by atoms with E-state index in [4.69, 9.17) is 0 Å². The second kappa shape index (κ2) is 7.13. The van der Waals surface area contributed by atoms with E-state index in [0.29, 0.717) is 6.54 Å². The van der Waals surface area contributed by atoms with Crippen molar-refractivity contribution in [3.63, 3.8) is 0 Å². The Balaban J connectivity index is 2.52. The summed E-state index contributed by atoms with van der Waals surface area (Å²) in [6.45, 7) is 4.76. The Morgan fingerprint density at radius 2 is 1.72 bits per heavy atom. The van der Waals surface area contributed by atoms with Gasteiger partial charge in [-0.2, -0.15) is 0 Å². The normalized spacial score (nSPS) is 18.3. The molecule has 18 heavy (non-hydrogen) atoms. The standard InChI is InChI=1S/C15H29NO2/c1-4-8-13(9-5-2)14(17)16(3)12-15(18)10-6-7-11-15/h13,18H,4-12H2,1-3H3. The third kappa shape index (κ3) is 4.27. The highest BCUT2D eigenvalue weighted by atomic mass is 16.3. The fourth-order valence-electron chi connectivity index (χ4n) is 3.11. The van der Waals surface area contributed by atoms with Gasteiger partial charge in [0.25, 0.3) is 0 Å². The maximum atomic E-state index is 12.4. The van der Waals surface area contributed by atoms with E-state index in [1.54, 1.807) is 4.90 Å². The first-order valence-electron chi connectivity index (χ1n) is 7.49. The topological polar surface area (TPSA) is 40.5 Å². The van der Waals surface area contributed by atoms with Crippen molar-refractivity contribution in [3.05, 3.63) is 0 Å². The number of aliphatic hydroxyl groups is 1.